The molecule has 0 aliphatic heterocycles. The van der Waals surface area contributed by atoms with E-state index in [1.807, 2.05) is 0 Å². The van der Waals surface area contributed by atoms with Crippen LogP contribution >= 0.6 is 0 Å². The lowest BCUT2D eigenvalue weighted by Gasteiger charge is -2.26. The molecule has 0 atom stereocenters. The highest BCUT2D eigenvalue weighted by atomic mass is 14.9. The Morgan fingerprint density at radius 1 is 0.882 bits per heavy atom. The SMILES string of the molecule is CCCCCCCCNCC1CCC(C)CC1. The van der Waals surface area contributed by atoms with E-state index < -0.39 is 0 Å². The summed E-state index contributed by atoms with van der Waals surface area (Å²) in [5.41, 5.74) is 0. The molecular weight excluding hydrogens is 206 g/mol. The normalized spacial score (nSPS) is 25.1. The molecule has 0 amide bonds. The first-order chi connectivity index (χ1) is 8.33. The summed E-state index contributed by atoms with van der Waals surface area (Å²) in [7, 11) is 0. The molecule has 102 valence electrons. The molecule has 1 heteroatoms. The first kappa shape index (κ1) is 15.0. The van der Waals surface area contributed by atoms with Gasteiger partial charge in [0.25, 0.3) is 0 Å². The topological polar surface area (TPSA) is 12.0 Å². The number of hydrogen-bond acceptors (Lipinski definition) is 1. The quantitative estimate of drug-likeness (QED) is 0.572. The molecule has 0 aromatic heterocycles. The molecule has 1 saturated carbocycles. The highest BCUT2D eigenvalue weighted by Gasteiger charge is 2.17. The maximum absolute atomic E-state index is 3.66. The molecule has 0 unspecified atom stereocenters. The molecule has 1 aliphatic rings. The first-order valence-electron chi connectivity index (χ1n) is 8.03. The third-order valence-electron chi connectivity index (χ3n) is 4.28. The van der Waals surface area contributed by atoms with Crippen molar-refractivity contribution in [2.45, 2.75) is 78.1 Å². The van der Waals surface area contributed by atoms with Gasteiger partial charge in [-0.25, -0.2) is 0 Å². The zero-order chi connectivity index (χ0) is 12.3. The minimum absolute atomic E-state index is 0.978. The predicted molar refractivity (Wildman–Crippen MR) is 77.4 cm³/mol. The summed E-state index contributed by atoms with van der Waals surface area (Å²) in [5, 5.41) is 3.66. The van der Waals surface area contributed by atoms with E-state index in [0.29, 0.717) is 0 Å². The van der Waals surface area contributed by atoms with Crippen molar-refractivity contribution in [3.8, 4) is 0 Å². The molecule has 0 saturated heterocycles. The van der Waals surface area contributed by atoms with Crippen molar-refractivity contribution in [3.63, 3.8) is 0 Å². The Balaban J connectivity index is 1.81. The second-order valence-electron chi connectivity index (χ2n) is 6.10. The molecule has 0 aromatic carbocycles. The zero-order valence-corrected chi connectivity index (χ0v) is 12.1. The van der Waals surface area contributed by atoms with Gasteiger partial charge in [-0.3, -0.25) is 0 Å². The average molecular weight is 239 g/mol. The highest BCUT2D eigenvalue weighted by Crippen LogP contribution is 2.27. The van der Waals surface area contributed by atoms with Crippen LogP contribution in [0.4, 0.5) is 0 Å². The Bertz CT molecular complexity index is 159. The second kappa shape index (κ2) is 9.94. The third kappa shape index (κ3) is 7.81. The van der Waals surface area contributed by atoms with E-state index in [9.17, 15) is 0 Å². The first-order valence-corrected chi connectivity index (χ1v) is 8.03. The summed E-state index contributed by atoms with van der Waals surface area (Å²) in [6, 6.07) is 0. The van der Waals surface area contributed by atoms with Gasteiger partial charge in [-0.05, 0) is 44.2 Å². The average Bonchev–Trinajstić information content (AvgIpc) is 2.35. The number of unbranched alkanes of at least 4 members (excludes halogenated alkanes) is 5. The molecule has 0 spiro atoms. The smallest absolute Gasteiger partial charge is 0.00205 e. The van der Waals surface area contributed by atoms with Gasteiger partial charge in [-0.2, -0.15) is 0 Å². The number of rotatable bonds is 9. The maximum Gasteiger partial charge on any atom is -0.00205 e. The van der Waals surface area contributed by atoms with Gasteiger partial charge in [0.05, 0.1) is 0 Å². The summed E-state index contributed by atoms with van der Waals surface area (Å²) < 4.78 is 0. The summed E-state index contributed by atoms with van der Waals surface area (Å²) in [4.78, 5) is 0. The van der Waals surface area contributed by atoms with Crippen LogP contribution in [0, 0.1) is 11.8 Å². The fourth-order valence-electron chi connectivity index (χ4n) is 2.87. The third-order valence-corrected chi connectivity index (χ3v) is 4.28. The van der Waals surface area contributed by atoms with E-state index in [2.05, 4.69) is 19.2 Å². The molecular formula is C16H33N. The van der Waals surface area contributed by atoms with Gasteiger partial charge >= 0.3 is 0 Å². The van der Waals surface area contributed by atoms with Gasteiger partial charge in [0.1, 0.15) is 0 Å². The van der Waals surface area contributed by atoms with Crippen molar-refractivity contribution in [2.24, 2.45) is 11.8 Å². The Hall–Kier alpha value is -0.0400. The number of hydrogen-bond donors (Lipinski definition) is 1. The molecule has 17 heavy (non-hydrogen) atoms. The summed E-state index contributed by atoms with van der Waals surface area (Å²) in [6.07, 6.45) is 14.3. The van der Waals surface area contributed by atoms with Crippen LogP contribution in [0.15, 0.2) is 0 Å². The summed E-state index contributed by atoms with van der Waals surface area (Å²) in [5.74, 6) is 1.97. The maximum atomic E-state index is 3.66. The van der Waals surface area contributed by atoms with Crippen LogP contribution in [0.5, 0.6) is 0 Å². The monoisotopic (exact) mass is 239 g/mol. The zero-order valence-electron chi connectivity index (χ0n) is 12.1. The minimum atomic E-state index is 0.978. The molecule has 1 nitrogen and oxygen atoms in total. The lowest BCUT2D eigenvalue weighted by Crippen LogP contribution is -2.26. The predicted octanol–water partition coefficient (Wildman–Crippen LogP) is 4.76. The Labute approximate surface area is 109 Å². The van der Waals surface area contributed by atoms with Gasteiger partial charge in [0.2, 0.25) is 0 Å². The van der Waals surface area contributed by atoms with E-state index in [4.69, 9.17) is 0 Å². The summed E-state index contributed by atoms with van der Waals surface area (Å²) >= 11 is 0. The molecule has 1 rings (SSSR count). The van der Waals surface area contributed by atoms with Crippen LogP contribution in [0.1, 0.15) is 78.1 Å². The van der Waals surface area contributed by atoms with Gasteiger partial charge < -0.3 is 5.32 Å². The van der Waals surface area contributed by atoms with Crippen LogP contribution in [0.3, 0.4) is 0 Å². The lowest BCUT2D eigenvalue weighted by atomic mass is 9.83. The van der Waals surface area contributed by atoms with Gasteiger partial charge in [-0.15, -0.1) is 0 Å². The van der Waals surface area contributed by atoms with Crippen LogP contribution in [-0.2, 0) is 0 Å². The molecule has 0 radical (unpaired) electrons. The van der Waals surface area contributed by atoms with Crippen LogP contribution < -0.4 is 5.32 Å². The van der Waals surface area contributed by atoms with Crippen LogP contribution in [0.25, 0.3) is 0 Å². The summed E-state index contributed by atoms with van der Waals surface area (Å²) in [6.45, 7) is 7.21. The molecule has 1 aliphatic carbocycles. The fraction of sp³-hybridized carbons (Fsp3) is 1.00. The van der Waals surface area contributed by atoms with E-state index in [1.165, 1.54) is 77.3 Å². The molecule has 1 fully saturated rings. The molecule has 0 aromatic rings. The van der Waals surface area contributed by atoms with E-state index in [1.54, 1.807) is 0 Å². The van der Waals surface area contributed by atoms with Gasteiger partial charge in [-0.1, -0.05) is 58.8 Å². The molecule has 0 heterocycles. The van der Waals surface area contributed by atoms with Crippen molar-refractivity contribution >= 4 is 0 Å². The highest BCUT2D eigenvalue weighted by molar-refractivity contribution is 4.71. The van der Waals surface area contributed by atoms with Crippen LogP contribution in [-0.4, -0.2) is 13.1 Å². The van der Waals surface area contributed by atoms with Crippen molar-refractivity contribution in [1.82, 2.24) is 5.32 Å². The van der Waals surface area contributed by atoms with Gasteiger partial charge in [0.15, 0.2) is 0 Å². The van der Waals surface area contributed by atoms with Crippen LogP contribution in [0.2, 0.25) is 0 Å². The van der Waals surface area contributed by atoms with E-state index in [0.717, 1.165) is 11.8 Å². The largest absolute Gasteiger partial charge is 0.316 e. The molecule has 0 bridgehead atoms. The van der Waals surface area contributed by atoms with Crippen molar-refractivity contribution in [2.75, 3.05) is 13.1 Å². The minimum Gasteiger partial charge on any atom is -0.316 e. The van der Waals surface area contributed by atoms with E-state index in [-0.39, 0.29) is 0 Å². The Morgan fingerprint density at radius 2 is 1.53 bits per heavy atom. The van der Waals surface area contributed by atoms with Gasteiger partial charge in [0, 0.05) is 0 Å². The van der Waals surface area contributed by atoms with E-state index >= 15 is 0 Å². The van der Waals surface area contributed by atoms with Crippen molar-refractivity contribution < 1.29 is 0 Å². The van der Waals surface area contributed by atoms with Crippen molar-refractivity contribution in [1.29, 1.82) is 0 Å². The number of nitrogens with one attached hydrogen (secondary N) is 1. The fourth-order valence-corrected chi connectivity index (χ4v) is 2.87. The second-order valence-corrected chi connectivity index (χ2v) is 6.10. The molecule has 1 N–H and O–H groups in total. The Kier molecular flexibility index (Phi) is 8.78. The standard InChI is InChI=1S/C16H33N/c1-3-4-5-6-7-8-13-17-14-16-11-9-15(2)10-12-16/h15-17H,3-14H2,1-2H3. The Morgan fingerprint density at radius 3 is 2.24 bits per heavy atom. The lowest BCUT2D eigenvalue weighted by molar-refractivity contribution is 0.281. The van der Waals surface area contributed by atoms with Crippen molar-refractivity contribution in [3.05, 3.63) is 0 Å².